The highest BCUT2D eigenvalue weighted by molar-refractivity contribution is 5.96. The lowest BCUT2D eigenvalue weighted by atomic mass is 9.81. The second-order valence-corrected chi connectivity index (χ2v) is 21.0. The minimum atomic E-state index is -1.29. The maximum absolute atomic E-state index is 15.2. The highest BCUT2D eigenvalue weighted by atomic mass is 19.1. The summed E-state index contributed by atoms with van der Waals surface area (Å²) in [7, 11) is 0. The third-order valence-electron chi connectivity index (χ3n) is 15.1. The second kappa shape index (κ2) is 26.5. The van der Waals surface area contributed by atoms with E-state index < -0.39 is 77.3 Å². The molecule has 0 unspecified atom stereocenters. The molecular formula is C62H69F4N7O11. The van der Waals surface area contributed by atoms with E-state index in [1.807, 2.05) is 52.0 Å². The minimum absolute atomic E-state index is 0.0799. The number of nitrogens with two attached hydrogens (primary N) is 1. The number of benzene rings is 4. The summed E-state index contributed by atoms with van der Waals surface area (Å²) >= 11 is 0. The predicted molar refractivity (Wildman–Crippen MR) is 301 cm³/mol. The van der Waals surface area contributed by atoms with Crippen LogP contribution in [0.3, 0.4) is 0 Å². The summed E-state index contributed by atoms with van der Waals surface area (Å²) in [6.07, 6.45) is 2.28. The molecule has 0 radical (unpaired) electrons. The first kappa shape index (κ1) is 61.7. The van der Waals surface area contributed by atoms with Crippen LogP contribution in [-0.4, -0.2) is 105 Å². The molecule has 0 bridgehead atoms. The van der Waals surface area contributed by atoms with Gasteiger partial charge in [-0.25, -0.2) is 27.2 Å². The molecule has 2 aromatic heterocycles. The average Bonchev–Trinajstić information content (AvgIpc) is 1.81. The summed E-state index contributed by atoms with van der Waals surface area (Å²) in [6, 6.07) is 18.0. The fourth-order valence-corrected chi connectivity index (χ4v) is 11.5. The molecule has 4 aromatic carbocycles. The molecular weight excluding hydrogens is 1090 g/mol. The van der Waals surface area contributed by atoms with Crippen LogP contribution in [0.25, 0.3) is 0 Å². The van der Waals surface area contributed by atoms with Crippen molar-refractivity contribution in [2.75, 3.05) is 39.6 Å². The fraction of sp³-hybridized carbons (Fsp3) is 0.419. The van der Waals surface area contributed by atoms with E-state index in [0.717, 1.165) is 12.4 Å². The predicted octanol–water partition coefficient (Wildman–Crippen LogP) is 9.26. The van der Waals surface area contributed by atoms with E-state index in [1.165, 1.54) is 54.4 Å². The number of esters is 1. The number of hydrogen-bond donors (Lipinski definition) is 1. The quantitative estimate of drug-likeness (QED) is 0.0611. The molecule has 4 aliphatic rings. The smallest absolute Gasteiger partial charge is 0.451 e. The van der Waals surface area contributed by atoms with E-state index in [2.05, 4.69) is 10.2 Å². The number of ether oxygens (including phenoxy) is 5. The van der Waals surface area contributed by atoms with Crippen molar-refractivity contribution in [1.82, 2.24) is 29.4 Å². The Balaban J connectivity index is 0.000000213. The first-order chi connectivity index (χ1) is 40.3. The average molecular weight is 1160 g/mol. The van der Waals surface area contributed by atoms with Crippen LogP contribution in [0.15, 0.2) is 94.8 Å². The maximum atomic E-state index is 15.2. The number of aromatic nitrogens is 4. The maximum Gasteiger partial charge on any atom is 0.511 e. The Labute approximate surface area is 483 Å². The van der Waals surface area contributed by atoms with E-state index in [9.17, 15) is 28.8 Å². The molecule has 18 nitrogen and oxygen atoms in total. The zero-order chi connectivity index (χ0) is 60.7. The lowest BCUT2D eigenvalue weighted by molar-refractivity contribution is -0.155. The molecule has 6 aromatic rings. The van der Waals surface area contributed by atoms with Crippen molar-refractivity contribution in [3.05, 3.63) is 185 Å². The Morgan fingerprint density at radius 1 is 0.619 bits per heavy atom. The molecule has 3 atom stereocenters. The number of carbonyl (C=O) groups is 4. The highest BCUT2D eigenvalue weighted by Gasteiger charge is 2.45. The van der Waals surface area contributed by atoms with Crippen LogP contribution in [0.2, 0.25) is 0 Å². The van der Waals surface area contributed by atoms with Crippen molar-refractivity contribution in [2.45, 2.75) is 130 Å². The zero-order valence-electron chi connectivity index (χ0n) is 48.2. The van der Waals surface area contributed by atoms with Gasteiger partial charge in [-0.2, -0.15) is 10.2 Å². The SMILES string of the molecule is CC.CCCN1C[C@H](C2c3cccc(F)c3CCc3c(F)cccc32)n2ncc(=O)c(OCOC(=O)C(C)(C)N)c2C1=O.CCCN1C[C@H](C2c3cccc(F)c3CCc3c(F)cccc32)n2ncc(=O)c(O[C@H](C)OC(=O)OCC)c2C1=O. The first-order valence-corrected chi connectivity index (χ1v) is 28.3. The van der Waals surface area contributed by atoms with Crippen LogP contribution in [-0.2, 0) is 44.7 Å². The van der Waals surface area contributed by atoms with E-state index in [-0.39, 0.29) is 65.9 Å². The van der Waals surface area contributed by atoms with Crippen LogP contribution in [0.1, 0.15) is 158 Å². The molecule has 0 spiro atoms. The van der Waals surface area contributed by atoms with Gasteiger partial charge < -0.3 is 39.2 Å². The van der Waals surface area contributed by atoms with Gasteiger partial charge in [0.1, 0.15) is 28.8 Å². The van der Waals surface area contributed by atoms with Crippen LogP contribution in [0, 0.1) is 23.3 Å². The molecule has 84 heavy (non-hydrogen) atoms. The summed E-state index contributed by atoms with van der Waals surface area (Å²) in [6.45, 7) is 14.3. The molecule has 2 aliphatic heterocycles. The molecule has 2 amide bonds. The van der Waals surface area contributed by atoms with Crippen molar-refractivity contribution in [2.24, 2.45) is 5.73 Å². The number of carbonyl (C=O) groups excluding carboxylic acids is 4. The van der Waals surface area contributed by atoms with Crippen LogP contribution < -0.4 is 26.1 Å². The Kier molecular flexibility index (Phi) is 19.4. The van der Waals surface area contributed by atoms with Gasteiger partial charge in [-0.1, -0.05) is 76.2 Å². The number of fused-ring (bicyclic) bond motifs is 6. The van der Waals surface area contributed by atoms with Gasteiger partial charge in [0.05, 0.1) is 31.1 Å². The normalized spacial score (nSPS) is 16.7. The minimum Gasteiger partial charge on any atom is -0.451 e. The molecule has 0 saturated carbocycles. The van der Waals surface area contributed by atoms with Gasteiger partial charge in [0.2, 0.25) is 35.4 Å². The van der Waals surface area contributed by atoms with Crippen molar-refractivity contribution in [3.63, 3.8) is 0 Å². The van der Waals surface area contributed by atoms with Crippen molar-refractivity contribution >= 4 is 23.9 Å². The number of amides is 2. The van der Waals surface area contributed by atoms with E-state index in [1.54, 1.807) is 41.0 Å². The van der Waals surface area contributed by atoms with Crippen LogP contribution in [0.4, 0.5) is 22.4 Å². The molecule has 2 aliphatic carbocycles. The standard InChI is InChI=1S/C30H32F2N4O5.C30H31F2N3O6.C2H6/c1-4-13-35-15-23(25-19-7-5-9-21(31)17(19)11-12-18-20(25)8-6-10-22(18)32)36-26(28(35)38)27(24(37)14-34-36)40-16-41-29(39)30(2,3)33;1-4-14-34-16-24(26-20-8-6-10-22(31)18(20)12-13-19-21(26)9-7-11-23(19)32)35-27(29(34)37)28(25(36)15-33-35)40-17(3)41-30(38)39-5-2;1-2/h5-10,14,23,25H,4,11-13,15-16,33H2,1-3H3;6-11,15,17,24,26H,4-5,12-14,16H2,1-3H3;1-2H3/t23-;17-,24+;/m10./s1. The Morgan fingerprint density at radius 3 is 1.37 bits per heavy atom. The lowest BCUT2D eigenvalue weighted by Crippen LogP contribution is -2.48. The van der Waals surface area contributed by atoms with Crippen molar-refractivity contribution in [3.8, 4) is 11.5 Å². The van der Waals surface area contributed by atoms with Gasteiger partial charge >= 0.3 is 12.1 Å². The Hall–Kier alpha value is -8.40. The summed E-state index contributed by atoms with van der Waals surface area (Å²) in [4.78, 5) is 80.7. The lowest BCUT2D eigenvalue weighted by Gasteiger charge is -2.40. The van der Waals surface area contributed by atoms with Gasteiger partial charge in [0, 0.05) is 44.9 Å². The second-order valence-electron chi connectivity index (χ2n) is 21.0. The van der Waals surface area contributed by atoms with E-state index in [0.29, 0.717) is 96.1 Å². The van der Waals surface area contributed by atoms with Crippen molar-refractivity contribution < 1.29 is 60.4 Å². The highest BCUT2D eigenvalue weighted by Crippen LogP contribution is 2.47. The van der Waals surface area contributed by atoms with Gasteiger partial charge in [-0.05, 0) is 128 Å². The van der Waals surface area contributed by atoms with Crippen LogP contribution >= 0.6 is 0 Å². The van der Waals surface area contributed by atoms with E-state index >= 15 is 17.6 Å². The molecule has 10 rings (SSSR count). The van der Waals surface area contributed by atoms with Gasteiger partial charge in [-0.15, -0.1) is 0 Å². The molecule has 0 saturated heterocycles. The van der Waals surface area contributed by atoms with Crippen LogP contribution in [0.5, 0.6) is 11.5 Å². The number of halogens is 4. The number of rotatable bonds is 14. The molecule has 4 heterocycles. The largest absolute Gasteiger partial charge is 0.511 e. The number of nitrogens with zero attached hydrogens (tertiary/aromatic N) is 6. The first-order valence-electron chi connectivity index (χ1n) is 28.3. The van der Waals surface area contributed by atoms with Crippen molar-refractivity contribution in [1.29, 1.82) is 0 Å². The van der Waals surface area contributed by atoms with Gasteiger partial charge in [0.15, 0.2) is 11.4 Å². The Bertz CT molecular complexity index is 3460. The Morgan fingerprint density at radius 2 is 1.00 bits per heavy atom. The van der Waals surface area contributed by atoms with Gasteiger partial charge in [-0.3, -0.25) is 28.5 Å². The summed E-state index contributed by atoms with van der Waals surface area (Å²) in [5, 5.41) is 8.70. The number of hydrogen-bond acceptors (Lipinski definition) is 14. The summed E-state index contributed by atoms with van der Waals surface area (Å²) < 4.78 is 89.9. The summed E-state index contributed by atoms with van der Waals surface area (Å²) in [5.74, 6) is -5.14. The zero-order valence-corrected chi connectivity index (χ0v) is 48.2. The molecule has 22 heteroatoms. The molecule has 0 fully saturated rings. The topological polar surface area (TPSA) is 217 Å². The van der Waals surface area contributed by atoms with E-state index in [4.69, 9.17) is 29.4 Å². The third-order valence-corrected chi connectivity index (χ3v) is 15.1. The fourth-order valence-electron chi connectivity index (χ4n) is 11.5. The monoisotopic (exact) mass is 1160 g/mol. The summed E-state index contributed by atoms with van der Waals surface area (Å²) in [5.41, 5.74) is 7.43. The molecule has 446 valence electrons. The molecule has 2 N–H and O–H groups in total. The third kappa shape index (κ3) is 12.4. The van der Waals surface area contributed by atoms with Gasteiger partial charge in [0.25, 0.3) is 11.8 Å².